The number of rotatable bonds is 5. The SMILES string of the molecule is CCCCc1ncc(-c2cc(C(=O)N3CCN(C)CC3)c3ccccc3n2)cn1. The van der Waals surface area contributed by atoms with Gasteiger partial charge in [-0.15, -0.1) is 0 Å². The zero-order chi connectivity index (χ0) is 20.2. The quantitative estimate of drug-likeness (QED) is 0.669. The number of fused-ring (bicyclic) bond motifs is 1. The number of unbranched alkanes of at least 4 members (excludes halogenated alkanes) is 1. The van der Waals surface area contributed by atoms with Gasteiger partial charge in [-0.25, -0.2) is 15.0 Å². The van der Waals surface area contributed by atoms with Crippen LogP contribution in [0.5, 0.6) is 0 Å². The van der Waals surface area contributed by atoms with Crippen molar-refractivity contribution in [3.63, 3.8) is 0 Å². The third-order valence-corrected chi connectivity index (χ3v) is 5.49. The molecule has 0 spiro atoms. The number of piperazine rings is 1. The molecule has 1 aliphatic heterocycles. The van der Waals surface area contributed by atoms with Gasteiger partial charge in [0.1, 0.15) is 5.82 Å². The highest BCUT2D eigenvalue weighted by molar-refractivity contribution is 6.07. The van der Waals surface area contributed by atoms with Crippen molar-refractivity contribution < 1.29 is 4.79 Å². The van der Waals surface area contributed by atoms with E-state index in [2.05, 4.69) is 28.8 Å². The number of para-hydroxylation sites is 1. The van der Waals surface area contributed by atoms with Gasteiger partial charge < -0.3 is 9.80 Å². The third-order valence-electron chi connectivity index (χ3n) is 5.49. The summed E-state index contributed by atoms with van der Waals surface area (Å²) in [6, 6.07) is 9.73. The molecule has 2 aromatic heterocycles. The van der Waals surface area contributed by atoms with E-state index in [1.807, 2.05) is 47.6 Å². The Labute approximate surface area is 171 Å². The predicted molar refractivity (Wildman–Crippen MR) is 115 cm³/mol. The fourth-order valence-corrected chi connectivity index (χ4v) is 3.63. The molecule has 1 amide bonds. The summed E-state index contributed by atoms with van der Waals surface area (Å²) in [6.07, 6.45) is 6.72. The molecule has 6 heteroatoms. The third kappa shape index (κ3) is 4.27. The Balaban J connectivity index is 1.70. The molecule has 29 heavy (non-hydrogen) atoms. The maximum Gasteiger partial charge on any atom is 0.254 e. The minimum absolute atomic E-state index is 0.0680. The monoisotopic (exact) mass is 389 g/mol. The fraction of sp³-hybridized carbons (Fsp3) is 0.391. The van der Waals surface area contributed by atoms with Gasteiger partial charge in [0, 0.05) is 55.9 Å². The second-order valence-electron chi connectivity index (χ2n) is 7.66. The molecule has 4 rings (SSSR count). The summed E-state index contributed by atoms with van der Waals surface area (Å²) < 4.78 is 0. The van der Waals surface area contributed by atoms with E-state index in [0.29, 0.717) is 5.56 Å². The number of benzene rings is 1. The molecule has 1 aliphatic rings. The van der Waals surface area contributed by atoms with E-state index in [1.54, 1.807) is 0 Å². The van der Waals surface area contributed by atoms with Gasteiger partial charge in [-0.3, -0.25) is 4.79 Å². The van der Waals surface area contributed by atoms with Crippen molar-refractivity contribution in [1.29, 1.82) is 0 Å². The lowest BCUT2D eigenvalue weighted by atomic mass is 10.0. The van der Waals surface area contributed by atoms with Gasteiger partial charge in [0.2, 0.25) is 0 Å². The predicted octanol–water partition coefficient (Wildman–Crippen LogP) is 3.42. The number of hydrogen-bond donors (Lipinski definition) is 0. The number of amides is 1. The second-order valence-corrected chi connectivity index (χ2v) is 7.66. The standard InChI is InChI=1S/C23H27N5O/c1-3-4-9-22-24-15-17(16-25-22)21-14-19(18-7-5-6-8-20(18)26-21)23(29)28-12-10-27(2)11-13-28/h5-8,14-16H,3-4,9-13H2,1-2H3. The van der Waals surface area contributed by atoms with Crippen LogP contribution in [0.25, 0.3) is 22.2 Å². The van der Waals surface area contributed by atoms with E-state index in [0.717, 1.165) is 73.4 Å². The Morgan fingerprint density at radius 3 is 2.52 bits per heavy atom. The minimum Gasteiger partial charge on any atom is -0.336 e. The molecule has 1 saturated heterocycles. The Morgan fingerprint density at radius 2 is 1.79 bits per heavy atom. The first-order chi connectivity index (χ1) is 14.2. The van der Waals surface area contributed by atoms with Crippen molar-refractivity contribution >= 4 is 16.8 Å². The smallest absolute Gasteiger partial charge is 0.254 e. The summed E-state index contributed by atoms with van der Waals surface area (Å²) in [6.45, 7) is 5.45. The Kier molecular flexibility index (Phi) is 5.81. The van der Waals surface area contributed by atoms with Gasteiger partial charge in [0.25, 0.3) is 5.91 Å². The molecule has 150 valence electrons. The highest BCUT2D eigenvalue weighted by Crippen LogP contribution is 2.25. The maximum atomic E-state index is 13.3. The fourth-order valence-electron chi connectivity index (χ4n) is 3.63. The number of aromatic nitrogens is 3. The van der Waals surface area contributed by atoms with E-state index in [-0.39, 0.29) is 5.91 Å². The van der Waals surface area contributed by atoms with Gasteiger partial charge in [-0.1, -0.05) is 31.5 Å². The second kappa shape index (κ2) is 8.66. The Hall–Kier alpha value is -2.86. The maximum absolute atomic E-state index is 13.3. The van der Waals surface area contributed by atoms with Crippen LogP contribution < -0.4 is 0 Å². The number of aryl methyl sites for hydroxylation is 1. The van der Waals surface area contributed by atoms with Gasteiger partial charge in [0.05, 0.1) is 16.8 Å². The molecule has 0 unspecified atom stereocenters. The molecule has 0 N–H and O–H groups in total. The summed E-state index contributed by atoms with van der Waals surface area (Å²) in [5, 5.41) is 0.890. The summed E-state index contributed by atoms with van der Waals surface area (Å²) in [7, 11) is 2.09. The topological polar surface area (TPSA) is 62.2 Å². The average Bonchev–Trinajstić information content (AvgIpc) is 2.77. The first-order valence-corrected chi connectivity index (χ1v) is 10.3. The molecule has 1 aromatic carbocycles. The number of carbonyl (C=O) groups excluding carboxylic acids is 1. The molecule has 0 atom stereocenters. The summed E-state index contributed by atoms with van der Waals surface area (Å²) in [5.41, 5.74) is 3.09. The zero-order valence-electron chi connectivity index (χ0n) is 17.1. The zero-order valence-corrected chi connectivity index (χ0v) is 17.1. The highest BCUT2D eigenvalue weighted by atomic mass is 16.2. The number of carbonyl (C=O) groups is 1. The van der Waals surface area contributed by atoms with Crippen LogP contribution in [0.15, 0.2) is 42.7 Å². The van der Waals surface area contributed by atoms with E-state index < -0.39 is 0 Å². The lowest BCUT2D eigenvalue weighted by Gasteiger charge is -2.32. The largest absolute Gasteiger partial charge is 0.336 e. The van der Waals surface area contributed by atoms with Crippen molar-refractivity contribution in [2.24, 2.45) is 0 Å². The van der Waals surface area contributed by atoms with Gasteiger partial charge in [0.15, 0.2) is 0 Å². The lowest BCUT2D eigenvalue weighted by molar-refractivity contribution is 0.0666. The van der Waals surface area contributed by atoms with E-state index in [9.17, 15) is 4.79 Å². The highest BCUT2D eigenvalue weighted by Gasteiger charge is 2.23. The molecule has 0 radical (unpaired) electrons. The Morgan fingerprint density at radius 1 is 1.07 bits per heavy atom. The van der Waals surface area contributed by atoms with E-state index in [1.165, 1.54) is 0 Å². The first kappa shape index (κ1) is 19.5. The van der Waals surface area contributed by atoms with Crippen LogP contribution in [0.3, 0.4) is 0 Å². The van der Waals surface area contributed by atoms with Crippen LogP contribution in [0.4, 0.5) is 0 Å². The van der Waals surface area contributed by atoms with Crippen LogP contribution >= 0.6 is 0 Å². The van der Waals surface area contributed by atoms with Crippen LogP contribution in [0.1, 0.15) is 35.9 Å². The van der Waals surface area contributed by atoms with Crippen molar-refractivity contribution in [3.05, 3.63) is 54.1 Å². The van der Waals surface area contributed by atoms with Crippen molar-refractivity contribution in [3.8, 4) is 11.3 Å². The molecule has 6 nitrogen and oxygen atoms in total. The van der Waals surface area contributed by atoms with Crippen LogP contribution in [-0.2, 0) is 6.42 Å². The summed E-state index contributed by atoms with van der Waals surface area (Å²) >= 11 is 0. The first-order valence-electron chi connectivity index (χ1n) is 10.3. The summed E-state index contributed by atoms with van der Waals surface area (Å²) in [4.78, 5) is 31.3. The average molecular weight is 390 g/mol. The van der Waals surface area contributed by atoms with Crippen LogP contribution in [0.2, 0.25) is 0 Å². The van der Waals surface area contributed by atoms with Gasteiger partial charge in [-0.05, 0) is 25.6 Å². The molecular weight excluding hydrogens is 362 g/mol. The molecule has 0 aliphatic carbocycles. The van der Waals surface area contributed by atoms with Crippen molar-refractivity contribution in [2.45, 2.75) is 26.2 Å². The normalized spacial score (nSPS) is 15.0. The molecule has 3 aromatic rings. The van der Waals surface area contributed by atoms with Crippen LogP contribution in [-0.4, -0.2) is 63.9 Å². The number of pyridine rings is 1. The van der Waals surface area contributed by atoms with Gasteiger partial charge >= 0.3 is 0 Å². The van der Waals surface area contributed by atoms with Gasteiger partial charge in [-0.2, -0.15) is 0 Å². The molecular formula is C23H27N5O. The van der Waals surface area contributed by atoms with Crippen LogP contribution in [0, 0.1) is 0 Å². The summed E-state index contributed by atoms with van der Waals surface area (Å²) in [5.74, 6) is 0.920. The molecule has 0 bridgehead atoms. The molecule has 3 heterocycles. The number of likely N-dealkylation sites (N-methyl/N-ethyl adjacent to an activating group) is 1. The lowest BCUT2D eigenvalue weighted by Crippen LogP contribution is -2.47. The van der Waals surface area contributed by atoms with Crippen molar-refractivity contribution in [2.75, 3.05) is 33.2 Å². The molecule has 1 fully saturated rings. The Bertz CT molecular complexity index is 994. The van der Waals surface area contributed by atoms with E-state index in [4.69, 9.17) is 4.98 Å². The van der Waals surface area contributed by atoms with E-state index >= 15 is 0 Å². The minimum atomic E-state index is 0.0680. The molecule has 0 saturated carbocycles. The van der Waals surface area contributed by atoms with Crippen molar-refractivity contribution in [1.82, 2.24) is 24.8 Å². The number of nitrogens with zero attached hydrogens (tertiary/aromatic N) is 5. The number of hydrogen-bond acceptors (Lipinski definition) is 5.